The molecule has 7 nitrogen and oxygen atoms in total. The third kappa shape index (κ3) is 3.90. The molecule has 0 radical (unpaired) electrons. The Morgan fingerprint density at radius 3 is 2.19 bits per heavy atom. The predicted octanol–water partition coefficient (Wildman–Crippen LogP) is 3.97. The van der Waals surface area contributed by atoms with Gasteiger partial charge in [-0.15, -0.1) is 0 Å². The summed E-state index contributed by atoms with van der Waals surface area (Å²) in [6.45, 7) is 3.84. The number of fused-ring (bicyclic) bond motifs is 1. The quantitative estimate of drug-likeness (QED) is 0.410. The number of benzene rings is 3. The molecule has 4 atom stereocenters. The zero-order chi connectivity index (χ0) is 26.3. The Kier molecular flexibility index (Phi) is 6.33. The average Bonchev–Trinajstić information content (AvgIpc) is 3.40. The van der Waals surface area contributed by atoms with Gasteiger partial charge in [-0.05, 0) is 49.2 Å². The van der Waals surface area contributed by atoms with E-state index in [1.807, 2.05) is 92.6 Å². The van der Waals surface area contributed by atoms with Crippen molar-refractivity contribution in [2.45, 2.75) is 25.4 Å². The van der Waals surface area contributed by atoms with E-state index in [-0.39, 0.29) is 12.5 Å². The van der Waals surface area contributed by atoms with Crippen molar-refractivity contribution >= 4 is 29.2 Å². The van der Waals surface area contributed by atoms with Gasteiger partial charge in [-0.3, -0.25) is 14.9 Å². The van der Waals surface area contributed by atoms with Crippen LogP contribution in [0.1, 0.15) is 29.7 Å². The number of carbonyl (C=O) groups is 3. The highest BCUT2D eigenvalue weighted by atomic mass is 16.5. The van der Waals surface area contributed by atoms with Crippen LogP contribution in [0.15, 0.2) is 78.9 Å². The van der Waals surface area contributed by atoms with Gasteiger partial charge in [0.05, 0.1) is 24.1 Å². The van der Waals surface area contributed by atoms with E-state index in [1.54, 1.807) is 19.1 Å². The molecule has 2 fully saturated rings. The number of carbonyl (C=O) groups excluding carboxylic acids is 3. The number of amides is 2. The summed E-state index contributed by atoms with van der Waals surface area (Å²) in [6, 6.07) is 23.7. The smallest absolute Gasteiger partial charge is 0.331 e. The summed E-state index contributed by atoms with van der Waals surface area (Å²) in [5, 5.41) is 3.46. The van der Waals surface area contributed by atoms with E-state index in [0.717, 1.165) is 16.8 Å². The lowest BCUT2D eigenvalue weighted by Crippen LogP contribution is -2.54. The second-order valence-electron chi connectivity index (χ2n) is 9.85. The first kappa shape index (κ1) is 24.7. The largest absolute Gasteiger partial charge is 0.464 e. The summed E-state index contributed by atoms with van der Waals surface area (Å²) < 4.78 is 5.58. The monoisotopic (exact) mass is 497 g/mol. The first-order valence-electron chi connectivity index (χ1n) is 12.5. The molecule has 2 aliphatic heterocycles. The molecule has 3 aromatic carbocycles. The lowest BCUT2D eigenvalue weighted by atomic mass is 9.75. The van der Waals surface area contributed by atoms with Crippen LogP contribution in [0.4, 0.5) is 11.4 Å². The molecule has 2 aliphatic rings. The lowest BCUT2D eigenvalue weighted by Gasteiger charge is -2.33. The zero-order valence-corrected chi connectivity index (χ0v) is 21.5. The SMILES string of the molecule is CCOC(=O)[C@@]1(c2ccccc2)N[C@@H](c2ccc(N(C)C)cc2)[C@H]2C(=O)N(c3ccc(C)cc3)C(=O)[C@H]21. The third-order valence-corrected chi connectivity index (χ3v) is 7.45. The Morgan fingerprint density at radius 1 is 0.946 bits per heavy atom. The van der Waals surface area contributed by atoms with Crippen LogP contribution in [0.5, 0.6) is 0 Å². The average molecular weight is 498 g/mol. The Labute approximate surface area is 217 Å². The maximum Gasteiger partial charge on any atom is 0.331 e. The lowest BCUT2D eigenvalue weighted by molar-refractivity contribution is -0.155. The Bertz CT molecular complexity index is 1320. The van der Waals surface area contributed by atoms with Gasteiger partial charge in [0.2, 0.25) is 11.8 Å². The molecule has 0 aromatic heterocycles. The van der Waals surface area contributed by atoms with Crippen molar-refractivity contribution in [3.8, 4) is 0 Å². The van der Waals surface area contributed by atoms with Gasteiger partial charge >= 0.3 is 5.97 Å². The van der Waals surface area contributed by atoms with Crippen molar-refractivity contribution < 1.29 is 19.1 Å². The number of esters is 1. The molecule has 5 rings (SSSR count). The van der Waals surface area contributed by atoms with Gasteiger partial charge in [0.15, 0.2) is 5.54 Å². The number of ether oxygens (including phenoxy) is 1. The molecule has 1 N–H and O–H groups in total. The van der Waals surface area contributed by atoms with E-state index >= 15 is 0 Å². The topological polar surface area (TPSA) is 79.0 Å². The van der Waals surface area contributed by atoms with E-state index in [4.69, 9.17) is 4.74 Å². The van der Waals surface area contributed by atoms with Gasteiger partial charge in [-0.25, -0.2) is 9.69 Å². The van der Waals surface area contributed by atoms with E-state index in [1.165, 1.54) is 4.90 Å². The summed E-state index contributed by atoms with van der Waals surface area (Å²) in [7, 11) is 3.91. The number of anilines is 2. The second kappa shape index (κ2) is 9.48. The summed E-state index contributed by atoms with van der Waals surface area (Å²) >= 11 is 0. The highest BCUT2D eigenvalue weighted by Crippen LogP contribution is 2.54. The first-order chi connectivity index (χ1) is 17.8. The normalized spacial score (nSPS) is 24.8. The maximum absolute atomic E-state index is 14.2. The van der Waals surface area contributed by atoms with Crippen LogP contribution in [0.2, 0.25) is 0 Å². The Hall–Kier alpha value is -3.97. The van der Waals surface area contributed by atoms with Gasteiger partial charge < -0.3 is 9.64 Å². The number of nitrogens with zero attached hydrogens (tertiary/aromatic N) is 2. The molecule has 3 aromatic rings. The molecule has 2 saturated heterocycles. The van der Waals surface area contributed by atoms with Crippen LogP contribution in [0.3, 0.4) is 0 Å². The minimum atomic E-state index is -1.51. The third-order valence-electron chi connectivity index (χ3n) is 7.45. The fourth-order valence-corrected chi connectivity index (χ4v) is 5.64. The van der Waals surface area contributed by atoms with E-state index in [2.05, 4.69) is 5.32 Å². The van der Waals surface area contributed by atoms with Crippen molar-refractivity contribution in [3.05, 3.63) is 95.6 Å². The fourth-order valence-electron chi connectivity index (χ4n) is 5.64. The number of imide groups is 1. The number of aryl methyl sites for hydroxylation is 1. The molecule has 2 amide bonds. The summed E-state index contributed by atoms with van der Waals surface area (Å²) in [6.07, 6.45) is 0. The van der Waals surface area contributed by atoms with Crippen molar-refractivity contribution in [1.82, 2.24) is 5.32 Å². The summed E-state index contributed by atoms with van der Waals surface area (Å²) in [4.78, 5) is 45.2. The highest BCUT2D eigenvalue weighted by Gasteiger charge is 2.69. The van der Waals surface area contributed by atoms with E-state index < -0.39 is 35.3 Å². The zero-order valence-electron chi connectivity index (χ0n) is 21.5. The molecular weight excluding hydrogens is 466 g/mol. The van der Waals surface area contributed by atoms with Gasteiger partial charge in [0.1, 0.15) is 0 Å². The molecule has 37 heavy (non-hydrogen) atoms. The molecule has 0 unspecified atom stereocenters. The molecule has 0 spiro atoms. The van der Waals surface area contributed by atoms with Crippen molar-refractivity contribution in [3.63, 3.8) is 0 Å². The van der Waals surface area contributed by atoms with Crippen LogP contribution in [-0.2, 0) is 24.7 Å². The van der Waals surface area contributed by atoms with Crippen molar-refractivity contribution in [2.75, 3.05) is 30.5 Å². The number of nitrogens with one attached hydrogen (secondary N) is 1. The number of rotatable bonds is 6. The van der Waals surface area contributed by atoms with Crippen LogP contribution < -0.4 is 15.1 Å². The Balaban J connectivity index is 1.70. The van der Waals surface area contributed by atoms with E-state index in [0.29, 0.717) is 11.3 Å². The van der Waals surface area contributed by atoms with Crippen molar-refractivity contribution in [1.29, 1.82) is 0 Å². The van der Waals surface area contributed by atoms with Gasteiger partial charge in [0, 0.05) is 25.8 Å². The molecule has 0 aliphatic carbocycles. The molecule has 190 valence electrons. The number of hydrogen-bond acceptors (Lipinski definition) is 6. The minimum absolute atomic E-state index is 0.151. The first-order valence-corrected chi connectivity index (χ1v) is 12.5. The number of hydrogen-bond donors (Lipinski definition) is 1. The van der Waals surface area contributed by atoms with Gasteiger partial charge in [-0.2, -0.15) is 0 Å². The highest BCUT2D eigenvalue weighted by molar-refractivity contribution is 6.24. The minimum Gasteiger partial charge on any atom is -0.464 e. The Morgan fingerprint density at radius 2 is 1.59 bits per heavy atom. The molecule has 0 bridgehead atoms. The predicted molar refractivity (Wildman–Crippen MR) is 142 cm³/mol. The summed E-state index contributed by atoms with van der Waals surface area (Å²) in [5.41, 5.74) is 2.45. The summed E-state index contributed by atoms with van der Waals surface area (Å²) in [5.74, 6) is -3.05. The van der Waals surface area contributed by atoms with Gasteiger partial charge in [-0.1, -0.05) is 60.2 Å². The van der Waals surface area contributed by atoms with Crippen LogP contribution >= 0.6 is 0 Å². The fraction of sp³-hybridized carbons (Fsp3) is 0.300. The van der Waals surface area contributed by atoms with Gasteiger partial charge in [0.25, 0.3) is 0 Å². The van der Waals surface area contributed by atoms with E-state index in [9.17, 15) is 14.4 Å². The van der Waals surface area contributed by atoms with Crippen LogP contribution in [0, 0.1) is 18.8 Å². The molecule has 2 heterocycles. The molecule has 0 saturated carbocycles. The maximum atomic E-state index is 14.2. The standard InChI is InChI=1S/C30H31N3O4/c1-5-37-29(36)30(21-9-7-6-8-10-21)25-24(26(31-30)20-13-17-22(18-14-20)32(3)4)27(34)33(28(25)35)23-15-11-19(2)12-16-23/h6-18,24-26,31H,5H2,1-4H3/t24-,25-,26-,30-/m0/s1. The van der Waals surface area contributed by atoms with Crippen molar-refractivity contribution in [2.24, 2.45) is 11.8 Å². The molecular formula is C30H31N3O4. The molecule has 7 heteroatoms. The second-order valence-corrected chi connectivity index (χ2v) is 9.85. The van der Waals surface area contributed by atoms with Crippen LogP contribution in [-0.4, -0.2) is 38.5 Å². The van der Waals surface area contributed by atoms with Crippen LogP contribution in [0.25, 0.3) is 0 Å².